The van der Waals surface area contributed by atoms with Gasteiger partial charge < -0.3 is 5.11 Å². The van der Waals surface area contributed by atoms with Crippen molar-refractivity contribution >= 4 is 62.1 Å². The molecule has 0 bridgehead atoms. The molecule has 0 aliphatic heterocycles. The number of rotatable bonds is 4. The summed E-state index contributed by atoms with van der Waals surface area (Å²) in [5.41, 5.74) is -1.23. The van der Waals surface area contributed by atoms with E-state index in [0.717, 1.165) is 21.6 Å². The van der Waals surface area contributed by atoms with Crippen LogP contribution in [-0.4, -0.2) is 56.2 Å². The summed E-state index contributed by atoms with van der Waals surface area (Å²) in [7, 11) is 0. The number of fused-ring (bicyclic) bond motifs is 4. The SMILES string of the molecule is O=C(c1ccc2ncccc2c1)c1cnc2ccc(Cl)nn12.OC(c1ccc2ncccc2c1)(c1cnc2ccc(Cl)nn12)C(F)(F)F. The Morgan fingerprint density at radius 1 is 0.688 bits per heavy atom. The molecule has 6 aromatic heterocycles. The van der Waals surface area contributed by atoms with Crippen molar-refractivity contribution in [2.45, 2.75) is 11.8 Å². The van der Waals surface area contributed by atoms with Gasteiger partial charge in [-0.2, -0.15) is 23.4 Å². The van der Waals surface area contributed by atoms with Crippen LogP contribution in [0.1, 0.15) is 27.3 Å². The van der Waals surface area contributed by atoms with Crippen LogP contribution in [0.25, 0.3) is 33.1 Å². The minimum Gasteiger partial charge on any atom is -0.371 e. The number of alkyl halides is 3. The second kappa shape index (κ2) is 11.9. The Morgan fingerprint density at radius 3 is 1.94 bits per heavy atom. The summed E-state index contributed by atoms with van der Waals surface area (Å²) < 4.78 is 44.4. The molecule has 48 heavy (non-hydrogen) atoms. The fourth-order valence-electron chi connectivity index (χ4n) is 5.23. The second-order valence-corrected chi connectivity index (χ2v) is 11.3. The van der Waals surface area contributed by atoms with Crippen LogP contribution in [0.4, 0.5) is 13.2 Å². The summed E-state index contributed by atoms with van der Waals surface area (Å²) in [6.07, 6.45) is 0.686. The van der Waals surface area contributed by atoms with E-state index >= 15 is 0 Å². The average Bonchev–Trinajstić information content (AvgIpc) is 3.71. The van der Waals surface area contributed by atoms with Gasteiger partial charge in [-0.3, -0.25) is 14.8 Å². The van der Waals surface area contributed by atoms with Crippen LogP contribution in [0.15, 0.2) is 110 Å². The van der Waals surface area contributed by atoms with Gasteiger partial charge in [0.25, 0.3) is 0 Å². The summed E-state index contributed by atoms with van der Waals surface area (Å²) in [6.45, 7) is 0. The number of ketones is 1. The third kappa shape index (κ3) is 5.47. The number of benzene rings is 2. The van der Waals surface area contributed by atoms with Crippen molar-refractivity contribution in [3.05, 3.63) is 143 Å². The smallest absolute Gasteiger partial charge is 0.371 e. The monoisotopic (exact) mass is 686 g/mol. The first-order chi connectivity index (χ1) is 23.0. The molecule has 15 heteroatoms. The maximum Gasteiger partial charge on any atom is 0.427 e. The molecule has 0 aliphatic carbocycles. The highest BCUT2D eigenvalue weighted by molar-refractivity contribution is 6.29. The molecule has 8 aromatic rings. The zero-order chi connectivity index (χ0) is 33.6. The van der Waals surface area contributed by atoms with E-state index in [1.165, 1.54) is 47.2 Å². The molecule has 0 spiro atoms. The Labute approximate surface area is 278 Å². The molecule has 0 fully saturated rings. The molecule has 0 aliphatic rings. The van der Waals surface area contributed by atoms with Gasteiger partial charge in [0.05, 0.1) is 23.4 Å². The van der Waals surface area contributed by atoms with Gasteiger partial charge >= 0.3 is 6.18 Å². The molecule has 0 saturated heterocycles. The van der Waals surface area contributed by atoms with Gasteiger partial charge in [0, 0.05) is 28.7 Å². The van der Waals surface area contributed by atoms with Crippen LogP contribution in [0, 0.1) is 0 Å². The normalized spacial score (nSPS) is 13.0. The predicted molar refractivity (Wildman–Crippen MR) is 172 cm³/mol. The second-order valence-electron chi connectivity index (χ2n) is 10.5. The first-order valence-electron chi connectivity index (χ1n) is 14.1. The van der Waals surface area contributed by atoms with E-state index in [1.807, 2.05) is 24.3 Å². The molecule has 0 radical (unpaired) electrons. The summed E-state index contributed by atoms with van der Waals surface area (Å²) in [5.74, 6) is -0.159. The van der Waals surface area contributed by atoms with Crippen molar-refractivity contribution in [2.24, 2.45) is 0 Å². The number of carbonyl (C=O) groups is 1. The van der Waals surface area contributed by atoms with E-state index < -0.39 is 17.5 Å². The number of hydrogen-bond acceptors (Lipinski definition) is 8. The Balaban J connectivity index is 0.000000154. The third-order valence-electron chi connectivity index (χ3n) is 7.56. The largest absolute Gasteiger partial charge is 0.427 e. The van der Waals surface area contributed by atoms with E-state index in [-0.39, 0.29) is 22.1 Å². The molecule has 2 aromatic carbocycles. The number of aliphatic hydroxyl groups is 1. The van der Waals surface area contributed by atoms with Crippen LogP contribution >= 0.6 is 23.2 Å². The van der Waals surface area contributed by atoms with Crippen molar-refractivity contribution in [1.29, 1.82) is 0 Å². The molecule has 6 heterocycles. The van der Waals surface area contributed by atoms with Gasteiger partial charge in [0.15, 0.2) is 11.3 Å². The highest BCUT2D eigenvalue weighted by atomic mass is 35.5. The van der Waals surface area contributed by atoms with Gasteiger partial charge in [-0.15, -0.1) is 0 Å². The number of pyridine rings is 2. The summed E-state index contributed by atoms with van der Waals surface area (Å²) in [6, 6.07) is 22.4. The average molecular weight is 687 g/mol. The molecular weight excluding hydrogens is 668 g/mol. The van der Waals surface area contributed by atoms with E-state index in [4.69, 9.17) is 23.2 Å². The van der Waals surface area contributed by atoms with E-state index in [2.05, 4.69) is 30.1 Å². The highest BCUT2D eigenvalue weighted by Gasteiger charge is 2.58. The number of nitrogens with zero attached hydrogens (tertiary/aromatic N) is 8. The number of hydrogen-bond donors (Lipinski definition) is 1. The number of aromatic nitrogens is 8. The van der Waals surface area contributed by atoms with E-state index in [0.29, 0.717) is 33.0 Å². The quantitative estimate of drug-likeness (QED) is 0.199. The van der Waals surface area contributed by atoms with Crippen LogP contribution in [0.3, 0.4) is 0 Å². The minimum atomic E-state index is -5.02. The lowest BCUT2D eigenvalue weighted by molar-refractivity contribution is -0.250. The van der Waals surface area contributed by atoms with Crippen LogP contribution in [-0.2, 0) is 5.60 Å². The molecule has 10 nitrogen and oxygen atoms in total. The molecule has 0 saturated carbocycles. The lowest BCUT2D eigenvalue weighted by Crippen LogP contribution is -2.44. The minimum absolute atomic E-state index is 0.0241. The van der Waals surface area contributed by atoms with E-state index in [1.54, 1.807) is 36.5 Å². The fourth-order valence-corrected chi connectivity index (χ4v) is 5.50. The van der Waals surface area contributed by atoms with E-state index in [9.17, 15) is 23.1 Å². The van der Waals surface area contributed by atoms with Crippen molar-refractivity contribution in [2.75, 3.05) is 0 Å². The summed E-state index contributed by atoms with van der Waals surface area (Å²) in [5, 5.41) is 20.5. The Bertz CT molecular complexity index is 2500. The molecular formula is C33H19Cl2F3N8O2. The molecule has 8 rings (SSSR count). The van der Waals surface area contributed by atoms with Crippen molar-refractivity contribution in [1.82, 2.24) is 39.2 Å². The number of halogens is 5. The topological polar surface area (TPSA) is 123 Å². The standard InChI is InChI=1S/C17H10ClF3N4O.C16H9ClN4O/c18-14-5-6-15-23-9-13(25(15)24-14)16(26,17(19,20)21)11-3-4-12-10(8-11)2-1-7-22-12;17-14-5-6-15-19-9-13(21(15)20-14)16(22)11-3-4-12-10(8-11)2-1-7-18-12/h1-9,26H;1-9H. The zero-order valence-electron chi connectivity index (χ0n) is 24.2. The highest BCUT2D eigenvalue weighted by Crippen LogP contribution is 2.44. The van der Waals surface area contributed by atoms with Crippen molar-refractivity contribution in [3.63, 3.8) is 0 Å². The molecule has 1 atom stereocenters. The van der Waals surface area contributed by atoms with Gasteiger partial charge in [0.2, 0.25) is 11.4 Å². The number of carbonyl (C=O) groups excluding carboxylic acids is 1. The lowest BCUT2D eigenvalue weighted by Gasteiger charge is -2.30. The molecule has 0 amide bonds. The lowest BCUT2D eigenvalue weighted by atomic mass is 9.89. The Morgan fingerprint density at radius 2 is 1.27 bits per heavy atom. The molecule has 1 N–H and O–H groups in total. The summed E-state index contributed by atoms with van der Waals surface area (Å²) in [4.78, 5) is 29.1. The number of imidazole rings is 2. The van der Waals surface area contributed by atoms with Gasteiger partial charge in [-0.25, -0.2) is 19.0 Å². The Kier molecular flexibility index (Phi) is 7.74. The third-order valence-corrected chi connectivity index (χ3v) is 7.96. The fraction of sp³-hybridized carbons (Fsp3) is 0.0606. The van der Waals surface area contributed by atoms with Crippen LogP contribution in [0.5, 0.6) is 0 Å². The maximum atomic E-state index is 14.0. The molecule has 238 valence electrons. The van der Waals surface area contributed by atoms with Crippen molar-refractivity contribution < 1.29 is 23.1 Å². The van der Waals surface area contributed by atoms with Gasteiger partial charge in [0.1, 0.15) is 21.7 Å². The first-order valence-corrected chi connectivity index (χ1v) is 14.8. The van der Waals surface area contributed by atoms with Gasteiger partial charge in [-0.05, 0) is 72.3 Å². The Hall–Kier alpha value is -5.50. The van der Waals surface area contributed by atoms with Crippen LogP contribution in [0.2, 0.25) is 10.3 Å². The first kappa shape index (κ1) is 31.1. The molecule has 1 unspecified atom stereocenters. The summed E-state index contributed by atoms with van der Waals surface area (Å²) >= 11 is 11.7. The van der Waals surface area contributed by atoms with Crippen LogP contribution < -0.4 is 0 Å². The predicted octanol–water partition coefficient (Wildman–Crippen LogP) is 6.89. The maximum absolute atomic E-state index is 14.0. The van der Waals surface area contributed by atoms with Crippen molar-refractivity contribution in [3.8, 4) is 0 Å². The van der Waals surface area contributed by atoms with Gasteiger partial charge in [-0.1, -0.05) is 41.4 Å². The zero-order valence-corrected chi connectivity index (χ0v) is 25.7.